The van der Waals surface area contributed by atoms with Crippen molar-refractivity contribution in [2.24, 2.45) is 0 Å². The Labute approximate surface area is 174 Å². The maximum absolute atomic E-state index is 12.6. The van der Waals surface area contributed by atoms with Crippen LogP contribution in [0.25, 0.3) is 11.1 Å². The van der Waals surface area contributed by atoms with Crippen LogP contribution in [0.1, 0.15) is 31.8 Å². The number of benzene rings is 4. The number of ketones is 2. The van der Waals surface area contributed by atoms with E-state index >= 15 is 0 Å². The van der Waals surface area contributed by atoms with Gasteiger partial charge in [-0.3, -0.25) is 9.59 Å². The summed E-state index contributed by atoms with van der Waals surface area (Å²) < 4.78 is 0. The van der Waals surface area contributed by atoms with Crippen molar-refractivity contribution in [3.63, 3.8) is 0 Å². The van der Waals surface area contributed by atoms with Crippen LogP contribution < -0.4 is 11.5 Å². The number of carbonyl (C=O) groups is 2. The lowest BCUT2D eigenvalue weighted by Gasteiger charge is -2.07. The van der Waals surface area contributed by atoms with Gasteiger partial charge in [0.1, 0.15) is 0 Å². The molecule has 0 bridgehead atoms. The first-order valence-corrected chi connectivity index (χ1v) is 9.52. The third kappa shape index (κ3) is 3.98. The number of nitrogen functional groups attached to an aromatic ring is 2. The van der Waals surface area contributed by atoms with Gasteiger partial charge in [0.05, 0.1) is 0 Å². The first-order chi connectivity index (χ1) is 14.5. The van der Waals surface area contributed by atoms with Crippen molar-refractivity contribution in [3.05, 3.63) is 119 Å². The minimum atomic E-state index is -0.0723. The number of rotatable bonds is 5. The lowest BCUT2D eigenvalue weighted by molar-refractivity contribution is 0.103. The van der Waals surface area contributed by atoms with Gasteiger partial charge in [-0.15, -0.1) is 0 Å². The molecule has 0 unspecified atom stereocenters. The second-order valence-electron chi connectivity index (χ2n) is 7.06. The molecule has 0 aliphatic heterocycles. The van der Waals surface area contributed by atoms with E-state index in [9.17, 15) is 9.59 Å². The molecule has 0 spiro atoms. The van der Waals surface area contributed by atoms with Gasteiger partial charge in [-0.05, 0) is 35.4 Å². The van der Waals surface area contributed by atoms with Crippen LogP contribution in [-0.2, 0) is 0 Å². The highest BCUT2D eigenvalue weighted by Gasteiger charge is 2.11. The number of hydrogen-bond acceptors (Lipinski definition) is 4. The standard InChI is InChI=1S/C26H20N2O2/c27-23-5-1-3-21(15-23)25(29)19-11-7-17(8-12-19)18-9-13-20(14-10-18)26(30)22-4-2-6-24(28)16-22/h1-16H,27-28H2. The minimum absolute atomic E-state index is 0.0723. The van der Waals surface area contributed by atoms with Crippen LogP contribution in [0.2, 0.25) is 0 Å². The van der Waals surface area contributed by atoms with E-state index in [1.165, 1.54) is 0 Å². The summed E-state index contributed by atoms with van der Waals surface area (Å²) >= 11 is 0. The van der Waals surface area contributed by atoms with Crippen molar-refractivity contribution < 1.29 is 9.59 Å². The summed E-state index contributed by atoms with van der Waals surface area (Å²) in [5.41, 5.74) is 16.9. The lowest BCUT2D eigenvalue weighted by atomic mass is 9.97. The van der Waals surface area contributed by atoms with E-state index in [1.807, 2.05) is 24.3 Å². The summed E-state index contributed by atoms with van der Waals surface area (Å²) in [6, 6.07) is 28.7. The van der Waals surface area contributed by atoms with Crippen LogP contribution >= 0.6 is 0 Å². The van der Waals surface area contributed by atoms with Crippen molar-refractivity contribution in [3.8, 4) is 11.1 Å². The summed E-state index contributed by atoms with van der Waals surface area (Å²) in [7, 11) is 0. The van der Waals surface area contributed by atoms with Crippen LogP contribution in [0.3, 0.4) is 0 Å². The normalized spacial score (nSPS) is 10.5. The molecule has 0 aromatic heterocycles. The molecule has 4 aromatic rings. The van der Waals surface area contributed by atoms with Gasteiger partial charge in [-0.1, -0.05) is 72.8 Å². The van der Waals surface area contributed by atoms with Crippen molar-refractivity contribution in [2.75, 3.05) is 11.5 Å². The Hall–Kier alpha value is -4.18. The Morgan fingerprint density at radius 2 is 0.833 bits per heavy atom. The molecule has 4 nitrogen and oxygen atoms in total. The number of hydrogen-bond donors (Lipinski definition) is 2. The number of carbonyl (C=O) groups excluding carboxylic acids is 2. The van der Waals surface area contributed by atoms with Crippen molar-refractivity contribution in [1.29, 1.82) is 0 Å². The van der Waals surface area contributed by atoms with Gasteiger partial charge < -0.3 is 11.5 Å². The molecule has 0 radical (unpaired) electrons. The van der Waals surface area contributed by atoms with Crippen LogP contribution in [0.15, 0.2) is 97.1 Å². The van der Waals surface area contributed by atoms with Crippen LogP contribution in [0.4, 0.5) is 11.4 Å². The maximum atomic E-state index is 12.6. The Morgan fingerprint density at radius 3 is 1.17 bits per heavy atom. The minimum Gasteiger partial charge on any atom is -0.399 e. The van der Waals surface area contributed by atoms with Gasteiger partial charge >= 0.3 is 0 Å². The predicted molar refractivity (Wildman–Crippen MR) is 120 cm³/mol. The highest BCUT2D eigenvalue weighted by atomic mass is 16.1. The molecular formula is C26H20N2O2. The molecule has 0 aliphatic rings. The van der Waals surface area contributed by atoms with E-state index in [0.717, 1.165) is 11.1 Å². The summed E-state index contributed by atoms with van der Waals surface area (Å²) in [5, 5.41) is 0. The van der Waals surface area contributed by atoms with Crippen LogP contribution in [-0.4, -0.2) is 11.6 Å². The first kappa shape index (κ1) is 19.2. The quantitative estimate of drug-likeness (QED) is 0.370. The Bertz CT molecular complexity index is 1130. The molecule has 0 aliphatic carbocycles. The molecule has 0 fully saturated rings. The summed E-state index contributed by atoms with van der Waals surface area (Å²) in [6.45, 7) is 0. The SMILES string of the molecule is Nc1cccc(C(=O)c2ccc(-c3ccc(C(=O)c4cccc(N)c4)cc3)cc2)c1. The zero-order chi connectivity index (χ0) is 21.1. The van der Waals surface area contributed by atoms with Gasteiger partial charge in [-0.2, -0.15) is 0 Å². The molecule has 30 heavy (non-hydrogen) atoms. The molecule has 4 aromatic carbocycles. The molecule has 0 saturated heterocycles. The zero-order valence-electron chi connectivity index (χ0n) is 16.2. The zero-order valence-corrected chi connectivity index (χ0v) is 16.2. The molecule has 4 N–H and O–H groups in total. The molecule has 0 saturated carbocycles. The second kappa shape index (κ2) is 8.05. The van der Waals surface area contributed by atoms with E-state index < -0.39 is 0 Å². The Balaban J connectivity index is 1.53. The van der Waals surface area contributed by atoms with Gasteiger partial charge in [0.2, 0.25) is 0 Å². The summed E-state index contributed by atoms with van der Waals surface area (Å²) in [4.78, 5) is 25.2. The van der Waals surface area contributed by atoms with E-state index in [-0.39, 0.29) is 11.6 Å². The van der Waals surface area contributed by atoms with E-state index in [1.54, 1.807) is 72.8 Å². The maximum Gasteiger partial charge on any atom is 0.193 e. The van der Waals surface area contributed by atoms with Gasteiger partial charge in [0.15, 0.2) is 11.6 Å². The summed E-state index contributed by atoms with van der Waals surface area (Å²) in [6.07, 6.45) is 0. The molecule has 146 valence electrons. The highest BCUT2D eigenvalue weighted by molar-refractivity contribution is 6.10. The average Bonchev–Trinajstić information content (AvgIpc) is 2.78. The van der Waals surface area contributed by atoms with Crippen LogP contribution in [0.5, 0.6) is 0 Å². The molecular weight excluding hydrogens is 372 g/mol. The highest BCUT2D eigenvalue weighted by Crippen LogP contribution is 2.23. The number of anilines is 2. The van der Waals surface area contributed by atoms with Crippen molar-refractivity contribution in [1.82, 2.24) is 0 Å². The fourth-order valence-electron chi connectivity index (χ4n) is 3.32. The monoisotopic (exact) mass is 392 g/mol. The van der Waals surface area contributed by atoms with Crippen molar-refractivity contribution in [2.45, 2.75) is 0 Å². The van der Waals surface area contributed by atoms with Crippen molar-refractivity contribution >= 4 is 22.9 Å². The molecule has 0 heterocycles. The topological polar surface area (TPSA) is 86.2 Å². The third-order valence-corrected chi connectivity index (χ3v) is 4.93. The Morgan fingerprint density at radius 1 is 0.467 bits per heavy atom. The van der Waals surface area contributed by atoms with E-state index in [2.05, 4.69) is 0 Å². The summed E-state index contributed by atoms with van der Waals surface area (Å²) in [5.74, 6) is -0.145. The second-order valence-corrected chi connectivity index (χ2v) is 7.06. The van der Waals surface area contributed by atoms with E-state index in [4.69, 9.17) is 11.5 Å². The van der Waals surface area contributed by atoms with Gasteiger partial charge in [0.25, 0.3) is 0 Å². The lowest BCUT2D eigenvalue weighted by Crippen LogP contribution is -2.02. The van der Waals surface area contributed by atoms with Crippen LogP contribution in [0, 0.1) is 0 Å². The molecule has 4 heteroatoms. The fourth-order valence-corrected chi connectivity index (χ4v) is 3.32. The molecule has 4 rings (SSSR count). The largest absolute Gasteiger partial charge is 0.399 e. The smallest absolute Gasteiger partial charge is 0.193 e. The molecule has 0 atom stereocenters. The number of nitrogens with two attached hydrogens (primary N) is 2. The third-order valence-electron chi connectivity index (χ3n) is 4.93. The van der Waals surface area contributed by atoms with Gasteiger partial charge in [-0.25, -0.2) is 0 Å². The Kier molecular flexibility index (Phi) is 5.14. The average molecular weight is 392 g/mol. The molecule has 0 amide bonds. The van der Waals surface area contributed by atoms with E-state index in [0.29, 0.717) is 33.6 Å². The predicted octanol–water partition coefficient (Wildman–Crippen LogP) is 4.98. The fraction of sp³-hybridized carbons (Fsp3) is 0. The van der Waals surface area contributed by atoms with Gasteiger partial charge in [0, 0.05) is 33.6 Å². The first-order valence-electron chi connectivity index (χ1n) is 9.52.